The third-order valence-corrected chi connectivity index (χ3v) is 3.08. The largest absolute Gasteiger partial charge is 0.475 e. The molecular weight excluding hydrogens is 240 g/mol. The smallest absolute Gasteiger partial charge is 0.373 e. The van der Waals surface area contributed by atoms with E-state index in [1.54, 1.807) is 18.2 Å². The zero-order valence-corrected chi connectivity index (χ0v) is 9.61. The fraction of sp³-hybridized carbons (Fsp3) is 0.250. The van der Waals surface area contributed by atoms with Crippen molar-refractivity contribution in [1.82, 2.24) is 9.97 Å². The second kappa shape index (κ2) is 3.67. The third kappa shape index (κ3) is 1.85. The van der Waals surface area contributed by atoms with Crippen LogP contribution in [0.25, 0.3) is 10.9 Å². The molecule has 1 aliphatic carbocycles. The van der Waals surface area contributed by atoms with Crippen molar-refractivity contribution < 1.29 is 9.90 Å². The maximum Gasteiger partial charge on any atom is 0.373 e. The summed E-state index contributed by atoms with van der Waals surface area (Å²) in [5.74, 6) is -0.873. The highest BCUT2D eigenvalue weighted by atomic mass is 35.5. The van der Waals surface area contributed by atoms with E-state index in [1.807, 2.05) is 0 Å². The molecule has 0 bridgehead atoms. The van der Waals surface area contributed by atoms with Crippen LogP contribution in [0.2, 0.25) is 5.02 Å². The normalized spacial score (nSPS) is 15.1. The Morgan fingerprint density at radius 3 is 2.76 bits per heavy atom. The van der Waals surface area contributed by atoms with Crippen molar-refractivity contribution in [3.8, 4) is 0 Å². The Bertz CT molecular complexity index is 623. The molecule has 0 unspecified atom stereocenters. The molecule has 0 radical (unpaired) electrons. The van der Waals surface area contributed by atoms with E-state index in [0.29, 0.717) is 16.5 Å². The molecule has 86 valence electrons. The van der Waals surface area contributed by atoms with Gasteiger partial charge in [-0.05, 0) is 31.0 Å². The molecule has 0 aliphatic heterocycles. The Hall–Kier alpha value is -1.68. The average Bonchev–Trinajstić information content (AvgIpc) is 3.11. The highest BCUT2D eigenvalue weighted by molar-refractivity contribution is 6.31. The Morgan fingerprint density at radius 2 is 2.12 bits per heavy atom. The monoisotopic (exact) mass is 248 g/mol. The Balaban J connectivity index is 2.31. The van der Waals surface area contributed by atoms with Crippen molar-refractivity contribution in [3.63, 3.8) is 0 Å². The predicted molar refractivity (Wildman–Crippen MR) is 63.5 cm³/mol. The number of carboxylic acid groups (broad SMARTS) is 1. The summed E-state index contributed by atoms with van der Waals surface area (Å²) >= 11 is 5.95. The number of hydrogen-bond donors (Lipinski definition) is 1. The zero-order chi connectivity index (χ0) is 12.0. The number of carboxylic acids is 1. The molecule has 17 heavy (non-hydrogen) atoms. The lowest BCUT2D eigenvalue weighted by Crippen LogP contribution is -2.07. The van der Waals surface area contributed by atoms with Gasteiger partial charge in [-0.15, -0.1) is 0 Å². The maximum absolute atomic E-state index is 11.0. The van der Waals surface area contributed by atoms with E-state index in [9.17, 15) is 4.79 Å². The molecule has 1 N–H and O–H groups in total. The van der Waals surface area contributed by atoms with Crippen LogP contribution in [0.3, 0.4) is 0 Å². The first-order valence-electron chi connectivity index (χ1n) is 5.35. The maximum atomic E-state index is 11.0. The molecule has 1 heterocycles. The van der Waals surface area contributed by atoms with Gasteiger partial charge >= 0.3 is 5.97 Å². The van der Waals surface area contributed by atoms with Gasteiger partial charge in [0.05, 0.1) is 11.2 Å². The molecule has 3 rings (SSSR count). The minimum absolute atomic E-state index is 0.137. The molecule has 1 aromatic carbocycles. The van der Waals surface area contributed by atoms with Crippen LogP contribution in [-0.4, -0.2) is 21.0 Å². The molecule has 5 heteroatoms. The number of fused-ring (bicyclic) bond motifs is 1. The van der Waals surface area contributed by atoms with Crippen LogP contribution in [0.5, 0.6) is 0 Å². The molecule has 0 amide bonds. The summed E-state index contributed by atoms with van der Waals surface area (Å²) in [6.45, 7) is 0. The molecule has 0 spiro atoms. The van der Waals surface area contributed by atoms with Crippen molar-refractivity contribution in [2.75, 3.05) is 0 Å². The molecule has 2 aromatic rings. The molecular formula is C12H9ClN2O2. The van der Waals surface area contributed by atoms with Gasteiger partial charge < -0.3 is 5.11 Å². The van der Waals surface area contributed by atoms with Crippen molar-refractivity contribution in [1.29, 1.82) is 0 Å². The number of carbonyl (C=O) groups is 1. The highest BCUT2D eigenvalue weighted by Crippen LogP contribution is 2.42. The molecule has 1 saturated carbocycles. The van der Waals surface area contributed by atoms with E-state index in [2.05, 4.69) is 9.97 Å². The summed E-state index contributed by atoms with van der Waals surface area (Å²) in [6.07, 6.45) is 2.11. The quantitative estimate of drug-likeness (QED) is 0.888. The Morgan fingerprint density at radius 1 is 1.35 bits per heavy atom. The van der Waals surface area contributed by atoms with Gasteiger partial charge in [0, 0.05) is 16.3 Å². The first-order valence-corrected chi connectivity index (χ1v) is 5.73. The molecule has 1 aliphatic rings. The zero-order valence-electron chi connectivity index (χ0n) is 8.85. The van der Waals surface area contributed by atoms with E-state index in [0.717, 1.165) is 23.9 Å². The Kier molecular flexibility index (Phi) is 2.26. The summed E-state index contributed by atoms with van der Waals surface area (Å²) in [7, 11) is 0. The van der Waals surface area contributed by atoms with E-state index in [1.165, 1.54) is 0 Å². The van der Waals surface area contributed by atoms with Crippen LogP contribution in [0.15, 0.2) is 18.2 Å². The first kappa shape index (κ1) is 10.5. The van der Waals surface area contributed by atoms with E-state index >= 15 is 0 Å². The van der Waals surface area contributed by atoms with Gasteiger partial charge in [-0.25, -0.2) is 14.8 Å². The number of halogens is 1. The number of aromatic carboxylic acids is 1. The molecule has 1 fully saturated rings. The second-order valence-electron chi connectivity index (χ2n) is 4.17. The minimum atomic E-state index is -1.09. The van der Waals surface area contributed by atoms with Crippen LogP contribution in [0.4, 0.5) is 0 Å². The van der Waals surface area contributed by atoms with Crippen molar-refractivity contribution in [3.05, 3.63) is 34.7 Å². The van der Waals surface area contributed by atoms with Gasteiger partial charge in [-0.3, -0.25) is 0 Å². The lowest BCUT2D eigenvalue weighted by atomic mass is 10.1. The standard InChI is InChI=1S/C12H9ClN2O2/c13-7-3-4-9-8(5-7)10(6-1-2-6)15-11(14-9)12(16)17/h3-6H,1-2H2,(H,16,17). The fourth-order valence-corrected chi connectivity index (χ4v) is 2.06. The average molecular weight is 249 g/mol. The summed E-state index contributed by atoms with van der Waals surface area (Å²) in [5.41, 5.74) is 1.46. The van der Waals surface area contributed by atoms with Crippen molar-refractivity contribution >= 4 is 28.5 Å². The minimum Gasteiger partial charge on any atom is -0.475 e. The summed E-state index contributed by atoms with van der Waals surface area (Å²) < 4.78 is 0. The van der Waals surface area contributed by atoms with Gasteiger partial charge in [-0.2, -0.15) is 0 Å². The van der Waals surface area contributed by atoms with Crippen LogP contribution in [0, 0.1) is 0 Å². The van der Waals surface area contributed by atoms with Gasteiger partial charge in [0.25, 0.3) is 0 Å². The summed E-state index contributed by atoms with van der Waals surface area (Å²) in [6, 6.07) is 5.24. The van der Waals surface area contributed by atoms with E-state index in [4.69, 9.17) is 16.7 Å². The van der Waals surface area contributed by atoms with Crippen LogP contribution >= 0.6 is 11.6 Å². The van der Waals surface area contributed by atoms with Crippen LogP contribution < -0.4 is 0 Å². The van der Waals surface area contributed by atoms with Crippen LogP contribution in [-0.2, 0) is 0 Å². The van der Waals surface area contributed by atoms with E-state index in [-0.39, 0.29) is 5.82 Å². The van der Waals surface area contributed by atoms with Crippen LogP contribution in [0.1, 0.15) is 35.1 Å². The molecule has 0 atom stereocenters. The first-order chi connectivity index (χ1) is 8.15. The lowest BCUT2D eigenvalue weighted by Gasteiger charge is -2.05. The number of benzene rings is 1. The van der Waals surface area contributed by atoms with Gasteiger partial charge in [0.2, 0.25) is 5.82 Å². The SMILES string of the molecule is O=C(O)c1nc(C2CC2)c2cc(Cl)ccc2n1. The van der Waals surface area contributed by atoms with Crippen molar-refractivity contribution in [2.24, 2.45) is 0 Å². The lowest BCUT2D eigenvalue weighted by molar-refractivity contribution is 0.0683. The molecule has 4 nitrogen and oxygen atoms in total. The number of aromatic nitrogens is 2. The number of nitrogens with zero attached hydrogens (tertiary/aromatic N) is 2. The Labute approximate surface area is 102 Å². The fourth-order valence-electron chi connectivity index (χ4n) is 1.89. The van der Waals surface area contributed by atoms with Gasteiger partial charge in [0.15, 0.2) is 0 Å². The van der Waals surface area contributed by atoms with Gasteiger partial charge in [0.1, 0.15) is 0 Å². The second-order valence-corrected chi connectivity index (χ2v) is 4.61. The van der Waals surface area contributed by atoms with E-state index < -0.39 is 5.97 Å². The highest BCUT2D eigenvalue weighted by Gasteiger charge is 2.28. The predicted octanol–water partition coefficient (Wildman–Crippen LogP) is 2.86. The topological polar surface area (TPSA) is 63.1 Å². The molecule has 0 saturated heterocycles. The number of hydrogen-bond acceptors (Lipinski definition) is 3. The molecule has 1 aromatic heterocycles. The van der Waals surface area contributed by atoms with Crippen molar-refractivity contribution in [2.45, 2.75) is 18.8 Å². The summed E-state index contributed by atoms with van der Waals surface area (Å²) in [5, 5.41) is 10.5. The number of rotatable bonds is 2. The third-order valence-electron chi connectivity index (χ3n) is 2.84. The summed E-state index contributed by atoms with van der Waals surface area (Å²) in [4.78, 5) is 19.1. The van der Waals surface area contributed by atoms with Gasteiger partial charge in [-0.1, -0.05) is 11.6 Å².